The maximum absolute atomic E-state index is 10.6. The zero-order chi connectivity index (χ0) is 17.5. The van der Waals surface area contributed by atoms with Crippen LogP contribution in [0, 0.1) is 5.92 Å². The summed E-state index contributed by atoms with van der Waals surface area (Å²) in [6, 6.07) is 10.6. The molecule has 1 atom stereocenters. The van der Waals surface area contributed by atoms with Gasteiger partial charge in [-0.3, -0.25) is 4.99 Å². The van der Waals surface area contributed by atoms with Gasteiger partial charge in [-0.15, -0.1) is 11.8 Å². The van der Waals surface area contributed by atoms with E-state index < -0.39 is 5.60 Å². The first-order valence-electron chi connectivity index (χ1n) is 9.62. The van der Waals surface area contributed by atoms with Crippen LogP contribution in [0.15, 0.2) is 40.2 Å². The first-order chi connectivity index (χ1) is 12.2. The zero-order valence-corrected chi connectivity index (χ0v) is 16.1. The molecular weight excluding hydrogens is 330 g/mol. The van der Waals surface area contributed by atoms with Crippen molar-refractivity contribution in [3.63, 3.8) is 0 Å². The molecule has 25 heavy (non-hydrogen) atoms. The lowest BCUT2D eigenvalue weighted by Crippen LogP contribution is -2.41. The SMILES string of the molecule is CCNC(=NCC1(O)CCCC1)N1CCC(CSc2ccccc2)C1. The molecular formula is C20H31N3OS. The molecule has 0 radical (unpaired) electrons. The summed E-state index contributed by atoms with van der Waals surface area (Å²) in [6.45, 7) is 5.64. The fourth-order valence-corrected chi connectivity index (χ4v) is 4.78. The van der Waals surface area contributed by atoms with Crippen molar-refractivity contribution in [1.82, 2.24) is 10.2 Å². The van der Waals surface area contributed by atoms with E-state index in [1.165, 1.54) is 11.3 Å². The van der Waals surface area contributed by atoms with Crippen molar-refractivity contribution in [2.75, 3.05) is 31.9 Å². The van der Waals surface area contributed by atoms with E-state index in [1.807, 2.05) is 11.8 Å². The molecule has 4 nitrogen and oxygen atoms in total. The Morgan fingerprint density at radius 1 is 1.32 bits per heavy atom. The zero-order valence-electron chi connectivity index (χ0n) is 15.3. The Labute approximate surface area is 156 Å². The van der Waals surface area contributed by atoms with E-state index in [9.17, 15) is 5.11 Å². The number of nitrogens with zero attached hydrogens (tertiary/aromatic N) is 2. The van der Waals surface area contributed by atoms with Crippen molar-refractivity contribution in [3.8, 4) is 0 Å². The van der Waals surface area contributed by atoms with Gasteiger partial charge in [0.15, 0.2) is 5.96 Å². The molecule has 0 amide bonds. The van der Waals surface area contributed by atoms with E-state index in [2.05, 4.69) is 47.5 Å². The Kier molecular flexibility index (Phi) is 6.65. The predicted molar refractivity (Wildman–Crippen MR) is 106 cm³/mol. The molecule has 5 heteroatoms. The number of nitrogens with one attached hydrogen (secondary N) is 1. The van der Waals surface area contributed by atoms with Crippen molar-refractivity contribution in [3.05, 3.63) is 30.3 Å². The first kappa shape index (κ1) is 18.6. The van der Waals surface area contributed by atoms with Crippen LogP contribution in [0.25, 0.3) is 0 Å². The van der Waals surface area contributed by atoms with Crippen LogP contribution in [0.3, 0.4) is 0 Å². The molecule has 1 heterocycles. The minimum atomic E-state index is -0.567. The Bertz CT molecular complexity index is 557. The Hall–Kier alpha value is -1.20. The lowest BCUT2D eigenvalue weighted by Gasteiger charge is -2.24. The minimum Gasteiger partial charge on any atom is -0.388 e. The molecule has 2 aliphatic rings. The fourth-order valence-electron chi connectivity index (χ4n) is 3.73. The third-order valence-corrected chi connectivity index (χ3v) is 6.45. The van der Waals surface area contributed by atoms with Crippen molar-refractivity contribution in [2.45, 2.75) is 49.5 Å². The molecule has 1 unspecified atom stereocenters. The highest BCUT2D eigenvalue weighted by Crippen LogP contribution is 2.30. The summed E-state index contributed by atoms with van der Waals surface area (Å²) in [6.07, 6.45) is 5.27. The van der Waals surface area contributed by atoms with Gasteiger partial charge in [0.25, 0.3) is 0 Å². The third-order valence-electron chi connectivity index (χ3n) is 5.21. The molecule has 1 saturated heterocycles. The minimum absolute atomic E-state index is 0.537. The molecule has 1 aromatic rings. The standard InChI is InChI=1S/C20H31N3OS/c1-2-21-19(22-16-20(24)11-6-7-12-20)23-13-10-17(14-23)15-25-18-8-4-3-5-9-18/h3-5,8-9,17,24H,2,6-7,10-16H2,1H3,(H,21,22). The molecule has 2 N–H and O–H groups in total. The van der Waals surface area contributed by atoms with Crippen molar-refractivity contribution < 1.29 is 5.11 Å². The number of benzene rings is 1. The number of guanidine groups is 1. The maximum atomic E-state index is 10.6. The summed E-state index contributed by atoms with van der Waals surface area (Å²) in [5, 5.41) is 14.0. The highest BCUT2D eigenvalue weighted by molar-refractivity contribution is 7.99. The van der Waals surface area contributed by atoms with Gasteiger partial charge >= 0.3 is 0 Å². The Morgan fingerprint density at radius 3 is 2.80 bits per heavy atom. The van der Waals surface area contributed by atoms with Gasteiger partial charge in [-0.05, 0) is 44.2 Å². The second kappa shape index (κ2) is 8.95. The van der Waals surface area contributed by atoms with Gasteiger partial charge in [0.2, 0.25) is 0 Å². The monoisotopic (exact) mass is 361 g/mol. The third kappa shape index (κ3) is 5.38. The van der Waals surface area contributed by atoms with E-state index in [0.29, 0.717) is 12.5 Å². The van der Waals surface area contributed by atoms with Crippen LogP contribution in [0.4, 0.5) is 0 Å². The highest BCUT2D eigenvalue weighted by atomic mass is 32.2. The predicted octanol–water partition coefficient (Wildman–Crippen LogP) is 3.37. The number of aliphatic hydroxyl groups is 1. The average molecular weight is 362 g/mol. The number of hydrogen-bond acceptors (Lipinski definition) is 3. The van der Waals surface area contributed by atoms with Crippen LogP contribution in [0.2, 0.25) is 0 Å². The van der Waals surface area contributed by atoms with E-state index >= 15 is 0 Å². The fraction of sp³-hybridized carbons (Fsp3) is 0.650. The van der Waals surface area contributed by atoms with E-state index in [1.54, 1.807) is 0 Å². The van der Waals surface area contributed by atoms with Crippen molar-refractivity contribution >= 4 is 17.7 Å². The average Bonchev–Trinajstić information content (AvgIpc) is 3.27. The maximum Gasteiger partial charge on any atom is 0.194 e. The molecule has 3 rings (SSSR count). The molecule has 1 aromatic carbocycles. The molecule has 1 aliphatic carbocycles. The quantitative estimate of drug-likeness (QED) is 0.463. The highest BCUT2D eigenvalue weighted by Gasteiger charge is 2.31. The van der Waals surface area contributed by atoms with Gasteiger partial charge in [-0.25, -0.2) is 0 Å². The molecule has 1 saturated carbocycles. The van der Waals surface area contributed by atoms with E-state index in [4.69, 9.17) is 4.99 Å². The van der Waals surface area contributed by atoms with Gasteiger partial charge in [0, 0.05) is 30.3 Å². The van der Waals surface area contributed by atoms with Crippen LogP contribution < -0.4 is 5.32 Å². The number of hydrogen-bond donors (Lipinski definition) is 2. The van der Waals surface area contributed by atoms with Gasteiger partial charge in [0.1, 0.15) is 0 Å². The van der Waals surface area contributed by atoms with Crippen molar-refractivity contribution in [2.24, 2.45) is 10.9 Å². The molecule has 138 valence electrons. The van der Waals surface area contributed by atoms with Crippen LogP contribution in [0.5, 0.6) is 0 Å². The number of aliphatic imine (C=N–C) groups is 1. The number of rotatable bonds is 6. The molecule has 0 spiro atoms. The summed E-state index contributed by atoms with van der Waals surface area (Å²) in [7, 11) is 0. The van der Waals surface area contributed by atoms with E-state index in [0.717, 1.165) is 57.0 Å². The lowest BCUT2D eigenvalue weighted by molar-refractivity contribution is 0.0572. The Balaban J connectivity index is 1.52. The normalized spacial score (nSPS) is 23.2. The van der Waals surface area contributed by atoms with Crippen LogP contribution in [0.1, 0.15) is 39.0 Å². The molecule has 1 aliphatic heterocycles. The second-order valence-corrected chi connectivity index (χ2v) is 8.42. The van der Waals surface area contributed by atoms with Gasteiger partial charge in [-0.1, -0.05) is 31.0 Å². The van der Waals surface area contributed by atoms with E-state index in [-0.39, 0.29) is 0 Å². The van der Waals surface area contributed by atoms with Crippen molar-refractivity contribution in [1.29, 1.82) is 0 Å². The first-order valence-corrected chi connectivity index (χ1v) is 10.6. The smallest absolute Gasteiger partial charge is 0.194 e. The van der Waals surface area contributed by atoms with Crippen LogP contribution in [-0.2, 0) is 0 Å². The summed E-state index contributed by atoms with van der Waals surface area (Å²) >= 11 is 1.95. The summed E-state index contributed by atoms with van der Waals surface area (Å²) < 4.78 is 0. The summed E-state index contributed by atoms with van der Waals surface area (Å²) in [5.74, 6) is 2.84. The lowest BCUT2D eigenvalue weighted by atomic mass is 10.0. The van der Waals surface area contributed by atoms with Gasteiger partial charge in [-0.2, -0.15) is 0 Å². The molecule has 0 aromatic heterocycles. The van der Waals surface area contributed by atoms with Gasteiger partial charge < -0.3 is 15.3 Å². The van der Waals surface area contributed by atoms with Crippen LogP contribution >= 0.6 is 11.8 Å². The largest absolute Gasteiger partial charge is 0.388 e. The topological polar surface area (TPSA) is 47.9 Å². The summed E-state index contributed by atoms with van der Waals surface area (Å²) in [5.41, 5.74) is -0.567. The summed E-state index contributed by atoms with van der Waals surface area (Å²) in [4.78, 5) is 8.50. The van der Waals surface area contributed by atoms with Crippen LogP contribution in [-0.4, -0.2) is 53.5 Å². The molecule has 2 fully saturated rings. The second-order valence-electron chi connectivity index (χ2n) is 7.33. The Morgan fingerprint density at radius 2 is 2.08 bits per heavy atom. The number of thioether (sulfide) groups is 1. The van der Waals surface area contributed by atoms with Gasteiger partial charge in [0.05, 0.1) is 12.1 Å². The molecule has 0 bridgehead atoms. The number of likely N-dealkylation sites (tertiary alicyclic amines) is 1.